The van der Waals surface area contributed by atoms with Crippen LogP contribution in [0.15, 0.2) is 10.5 Å². The maximum absolute atomic E-state index is 3.69. The molecule has 1 rings (SSSR count). The van der Waals surface area contributed by atoms with Crippen LogP contribution in [0.25, 0.3) is 0 Å². The van der Waals surface area contributed by atoms with Gasteiger partial charge in [-0.15, -0.1) is 11.3 Å². The number of hydrogen-bond acceptors (Lipinski definition) is 2. The summed E-state index contributed by atoms with van der Waals surface area (Å²) in [5.74, 6) is 0. The number of nitrogens with one attached hydrogen (secondary N) is 1. The highest BCUT2D eigenvalue weighted by Crippen LogP contribution is 2.34. The zero-order chi connectivity index (χ0) is 15.5. The maximum atomic E-state index is 3.69. The highest BCUT2D eigenvalue weighted by atomic mass is 79.9. The van der Waals surface area contributed by atoms with Crippen LogP contribution in [0, 0.1) is 6.92 Å². The van der Waals surface area contributed by atoms with E-state index in [0.29, 0.717) is 6.04 Å². The molecule has 1 atom stereocenters. The number of unbranched alkanes of at least 4 members (excludes halogenated alkanes) is 8. The zero-order valence-electron chi connectivity index (χ0n) is 14.0. The van der Waals surface area contributed by atoms with E-state index < -0.39 is 0 Å². The minimum absolute atomic E-state index is 0.516. The van der Waals surface area contributed by atoms with Gasteiger partial charge in [-0.2, -0.15) is 0 Å². The Morgan fingerprint density at radius 1 is 1.05 bits per heavy atom. The highest BCUT2D eigenvalue weighted by molar-refractivity contribution is 9.10. The van der Waals surface area contributed by atoms with Gasteiger partial charge in [-0.3, -0.25) is 0 Å². The summed E-state index contributed by atoms with van der Waals surface area (Å²) in [4.78, 5) is 2.86. The molecule has 1 N–H and O–H groups in total. The second kappa shape index (κ2) is 11.7. The quantitative estimate of drug-likeness (QED) is 0.388. The number of thiophene rings is 1. The molecule has 0 spiro atoms. The molecule has 0 saturated heterocycles. The monoisotopic (exact) mass is 373 g/mol. The van der Waals surface area contributed by atoms with Gasteiger partial charge in [-0.25, -0.2) is 0 Å². The lowest BCUT2D eigenvalue weighted by Gasteiger charge is -2.15. The topological polar surface area (TPSA) is 12.0 Å². The first kappa shape index (κ1) is 19.2. The van der Waals surface area contributed by atoms with E-state index in [1.165, 1.54) is 78.4 Å². The molecule has 0 aromatic carbocycles. The second-order valence-corrected chi connectivity index (χ2v) is 8.17. The first-order valence-electron chi connectivity index (χ1n) is 8.62. The minimum Gasteiger partial charge on any atom is -0.312 e. The van der Waals surface area contributed by atoms with Gasteiger partial charge in [0, 0.05) is 20.3 Å². The van der Waals surface area contributed by atoms with Crippen molar-refractivity contribution in [2.24, 2.45) is 0 Å². The largest absolute Gasteiger partial charge is 0.312 e. The molecule has 122 valence electrons. The Hall–Kier alpha value is 0.140. The Labute approximate surface area is 144 Å². The summed E-state index contributed by atoms with van der Waals surface area (Å²) >= 11 is 5.61. The molecule has 0 aliphatic rings. The molecule has 0 saturated carbocycles. The van der Waals surface area contributed by atoms with Crippen LogP contribution in [0.2, 0.25) is 0 Å². The van der Waals surface area contributed by atoms with Crippen molar-refractivity contribution < 1.29 is 0 Å². The number of hydrogen-bond donors (Lipinski definition) is 1. The van der Waals surface area contributed by atoms with E-state index >= 15 is 0 Å². The van der Waals surface area contributed by atoms with Gasteiger partial charge in [0.05, 0.1) is 0 Å². The predicted octanol–water partition coefficient (Wildman–Crippen LogP) is 7.00. The zero-order valence-corrected chi connectivity index (χ0v) is 16.4. The molecular weight excluding hydrogens is 342 g/mol. The number of rotatable bonds is 12. The van der Waals surface area contributed by atoms with Crippen LogP contribution in [0.3, 0.4) is 0 Å². The van der Waals surface area contributed by atoms with Gasteiger partial charge < -0.3 is 5.32 Å². The molecule has 1 aromatic heterocycles. The second-order valence-electron chi connectivity index (χ2n) is 6.03. The van der Waals surface area contributed by atoms with E-state index in [0.717, 1.165) is 0 Å². The molecule has 0 aliphatic carbocycles. The molecular formula is C18H32BrNS. The first-order valence-corrected chi connectivity index (χ1v) is 10.2. The normalized spacial score (nSPS) is 12.8. The number of aryl methyl sites for hydroxylation is 1. The Bertz CT molecular complexity index is 375. The van der Waals surface area contributed by atoms with Crippen molar-refractivity contribution in [2.75, 3.05) is 7.05 Å². The molecule has 0 amide bonds. The van der Waals surface area contributed by atoms with Crippen molar-refractivity contribution in [3.8, 4) is 0 Å². The van der Waals surface area contributed by atoms with Gasteiger partial charge in [0.25, 0.3) is 0 Å². The van der Waals surface area contributed by atoms with Crippen LogP contribution >= 0.6 is 27.3 Å². The van der Waals surface area contributed by atoms with Crippen molar-refractivity contribution in [1.82, 2.24) is 5.32 Å². The smallest absolute Gasteiger partial charge is 0.0423 e. The average Bonchev–Trinajstić information content (AvgIpc) is 2.80. The molecule has 1 nitrogen and oxygen atoms in total. The minimum atomic E-state index is 0.516. The van der Waals surface area contributed by atoms with Gasteiger partial charge in [0.2, 0.25) is 0 Å². The molecule has 21 heavy (non-hydrogen) atoms. The van der Waals surface area contributed by atoms with Crippen molar-refractivity contribution in [3.63, 3.8) is 0 Å². The van der Waals surface area contributed by atoms with E-state index in [1.807, 2.05) is 11.3 Å². The first-order chi connectivity index (χ1) is 10.2. The third-order valence-corrected chi connectivity index (χ3v) is 6.18. The van der Waals surface area contributed by atoms with Gasteiger partial charge >= 0.3 is 0 Å². The van der Waals surface area contributed by atoms with Gasteiger partial charge in [0.15, 0.2) is 0 Å². The molecule has 1 heterocycles. The summed E-state index contributed by atoms with van der Waals surface area (Å²) in [7, 11) is 2.08. The van der Waals surface area contributed by atoms with Gasteiger partial charge in [0.1, 0.15) is 0 Å². The molecule has 3 heteroatoms. The van der Waals surface area contributed by atoms with Crippen molar-refractivity contribution in [2.45, 2.75) is 84.1 Å². The van der Waals surface area contributed by atoms with E-state index in [-0.39, 0.29) is 0 Å². The maximum Gasteiger partial charge on any atom is 0.0423 e. The van der Waals surface area contributed by atoms with Crippen LogP contribution in [0.4, 0.5) is 0 Å². The van der Waals surface area contributed by atoms with Crippen LogP contribution < -0.4 is 5.32 Å². The molecule has 0 bridgehead atoms. The Morgan fingerprint density at radius 3 is 2.10 bits per heavy atom. The lowest BCUT2D eigenvalue weighted by Crippen LogP contribution is -2.15. The standard InChI is InChI=1S/C18H32BrNS/c1-4-5-6-7-8-9-10-11-12-13-17(20-3)18-16(19)14-15(2)21-18/h14,17,20H,4-13H2,1-3H3. The summed E-state index contributed by atoms with van der Waals surface area (Å²) < 4.78 is 1.28. The summed E-state index contributed by atoms with van der Waals surface area (Å²) in [5, 5.41) is 3.48. The molecule has 0 fully saturated rings. The molecule has 0 aliphatic heterocycles. The SMILES string of the molecule is CCCCCCCCCCCC(NC)c1sc(C)cc1Br. The van der Waals surface area contributed by atoms with Crippen LogP contribution in [-0.2, 0) is 0 Å². The summed E-state index contributed by atoms with van der Waals surface area (Å²) in [6.45, 7) is 4.47. The Morgan fingerprint density at radius 2 is 1.62 bits per heavy atom. The highest BCUT2D eigenvalue weighted by Gasteiger charge is 2.14. The van der Waals surface area contributed by atoms with Gasteiger partial charge in [-0.1, -0.05) is 64.7 Å². The van der Waals surface area contributed by atoms with Gasteiger partial charge in [-0.05, 0) is 42.4 Å². The predicted molar refractivity (Wildman–Crippen MR) is 100 cm³/mol. The van der Waals surface area contributed by atoms with Crippen LogP contribution in [0.1, 0.15) is 86.9 Å². The summed E-state index contributed by atoms with van der Waals surface area (Å²) in [6.07, 6.45) is 13.9. The van der Waals surface area contributed by atoms with E-state index in [9.17, 15) is 0 Å². The summed E-state index contributed by atoms with van der Waals surface area (Å²) in [5.41, 5.74) is 0. The fourth-order valence-electron chi connectivity index (χ4n) is 2.80. The van der Waals surface area contributed by atoms with Crippen molar-refractivity contribution >= 4 is 27.3 Å². The number of halogens is 1. The van der Waals surface area contributed by atoms with Crippen molar-refractivity contribution in [3.05, 3.63) is 20.3 Å². The lowest BCUT2D eigenvalue weighted by molar-refractivity contribution is 0.497. The van der Waals surface area contributed by atoms with Crippen LogP contribution in [-0.4, -0.2) is 7.05 Å². The fourth-order valence-corrected chi connectivity index (χ4v) is 4.88. The Kier molecular flexibility index (Phi) is 10.7. The summed E-state index contributed by atoms with van der Waals surface area (Å²) in [6, 6.07) is 2.75. The van der Waals surface area contributed by atoms with E-state index in [4.69, 9.17) is 0 Å². The fraction of sp³-hybridized carbons (Fsp3) is 0.778. The van der Waals surface area contributed by atoms with Crippen molar-refractivity contribution in [1.29, 1.82) is 0 Å². The third-order valence-electron chi connectivity index (χ3n) is 4.10. The van der Waals surface area contributed by atoms with E-state index in [1.54, 1.807) is 0 Å². The van der Waals surface area contributed by atoms with Crippen LogP contribution in [0.5, 0.6) is 0 Å². The molecule has 1 unspecified atom stereocenters. The van der Waals surface area contributed by atoms with E-state index in [2.05, 4.69) is 48.2 Å². The Balaban J connectivity index is 2.12. The third kappa shape index (κ3) is 7.80. The lowest BCUT2D eigenvalue weighted by atomic mass is 10.0. The average molecular weight is 374 g/mol. The molecule has 0 radical (unpaired) electrons. The molecule has 1 aromatic rings.